The second-order valence-corrected chi connectivity index (χ2v) is 5.02. The van der Waals surface area contributed by atoms with E-state index in [9.17, 15) is 8.78 Å². The second-order valence-electron chi connectivity index (χ2n) is 4.15. The molecule has 0 saturated heterocycles. The summed E-state index contributed by atoms with van der Waals surface area (Å²) in [6, 6.07) is 4.37. The van der Waals surface area contributed by atoms with Gasteiger partial charge in [0.1, 0.15) is 5.75 Å². The van der Waals surface area contributed by atoms with Crippen LogP contribution in [-0.2, 0) is 0 Å². The van der Waals surface area contributed by atoms with Gasteiger partial charge in [-0.05, 0) is 28.6 Å². The van der Waals surface area contributed by atoms with Gasteiger partial charge in [0, 0.05) is 5.02 Å². The van der Waals surface area contributed by atoms with Gasteiger partial charge in [0.2, 0.25) is 0 Å². The molecule has 0 fully saturated rings. The summed E-state index contributed by atoms with van der Waals surface area (Å²) in [6.07, 6.45) is 2.67. The first-order chi connectivity index (χ1) is 11.0. The van der Waals surface area contributed by atoms with Crippen LogP contribution in [0, 0.1) is 0 Å². The fourth-order valence-electron chi connectivity index (χ4n) is 1.72. The summed E-state index contributed by atoms with van der Waals surface area (Å²) < 4.78 is 31.7. The Morgan fingerprint density at radius 1 is 1.09 bits per heavy atom. The number of rotatable bonds is 4. The summed E-state index contributed by atoms with van der Waals surface area (Å²) >= 11 is 11.6. The highest BCUT2D eigenvalue weighted by Gasteiger charge is 2.20. The molecule has 3 rings (SSSR count). The van der Waals surface area contributed by atoms with Crippen LogP contribution in [0.2, 0.25) is 10.0 Å². The standard InChI is InChI=1S/C12H6Cl2F2N6O/c13-6-1-2-9(23-12-17-4-7(14)5-18-12)8(3-6)10-19-20-21-22(10)11(15)16/h1-5,11H. The number of hydrogen-bond acceptors (Lipinski definition) is 6. The fraction of sp³-hybridized carbons (Fsp3) is 0.0833. The van der Waals surface area contributed by atoms with Crippen molar-refractivity contribution in [2.45, 2.75) is 6.55 Å². The van der Waals surface area contributed by atoms with Gasteiger partial charge in [-0.15, -0.1) is 5.10 Å². The van der Waals surface area contributed by atoms with Gasteiger partial charge in [-0.25, -0.2) is 9.97 Å². The Morgan fingerprint density at radius 2 is 1.83 bits per heavy atom. The zero-order valence-electron chi connectivity index (χ0n) is 11.1. The van der Waals surface area contributed by atoms with Crippen molar-refractivity contribution >= 4 is 23.2 Å². The quantitative estimate of drug-likeness (QED) is 0.708. The number of halogens is 4. The molecule has 11 heteroatoms. The number of hydrogen-bond donors (Lipinski definition) is 0. The highest BCUT2D eigenvalue weighted by atomic mass is 35.5. The Balaban J connectivity index is 2.04. The van der Waals surface area contributed by atoms with E-state index >= 15 is 0 Å². The average molecular weight is 359 g/mol. The molecular weight excluding hydrogens is 353 g/mol. The maximum absolute atomic E-state index is 13.0. The fourth-order valence-corrected chi connectivity index (χ4v) is 1.99. The molecule has 0 atom stereocenters. The third-order valence-corrected chi connectivity index (χ3v) is 3.09. The summed E-state index contributed by atoms with van der Waals surface area (Å²) in [4.78, 5) is 7.74. The molecule has 2 aromatic heterocycles. The number of tetrazole rings is 1. The largest absolute Gasteiger partial charge is 0.424 e. The van der Waals surface area contributed by atoms with E-state index in [-0.39, 0.29) is 23.1 Å². The SMILES string of the molecule is FC(F)n1nnnc1-c1cc(Cl)ccc1Oc1ncc(Cl)cn1. The molecule has 0 spiro atoms. The van der Waals surface area contributed by atoms with Gasteiger partial charge in [-0.2, -0.15) is 13.5 Å². The lowest BCUT2D eigenvalue weighted by Crippen LogP contribution is -2.04. The molecule has 7 nitrogen and oxygen atoms in total. The number of aromatic nitrogens is 6. The van der Waals surface area contributed by atoms with Crippen LogP contribution < -0.4 is 4.74 Å². The van der Waals surface area contributed by atoms with E-state index in [2.05, 4.69) is 25.5 Å². The van der Waals surface area contributed by atoms with Crippen LogP contribution >= 0.6 is 23.2 Å². The maximum atomic E-state index is 13.0. The summed E-state index contributed by atoms with van der Waals surface area (Å²) in [5.41, 5.74) is 0.168. The predicted molar refractivity (Wildman–Crippen MR) is 76.6 cm³/mol. The second kappa shape index (κ2) is 6.39. The molecule has 0 amide bonds. The number of alkyl halides is 2. The van der Waals surface area contributed by atoms with Crippen LogP contribution in [0.1, 0.15) is 6.55 Å². The van der Waals surface area contributed by atoms with Gasteiger partial charge in [-0.1, -0.05) is 23.2 Å². The van der Waals surface area contributed by atoms with Crippen molar-refractivity contribution in [3.05, 3.63) is 40.6 Å². The molecule has 2 heterocycles. The Morgan fingerprint density at radius 3 is 2.52 bits per heavy atom. The molecule has 0 aliphatic rings. The summed E-state index contributed by atoms with van der Waals surface area (Å²) in [7, 11) is 0. The van der Waals surface area contributed by atoms with E-state index in [1.807, 2.05) is 0 Å². The number of benzene rings is 1. The molecule has 1 aromatic carbocycles. The zero-order valence-corrected chi connectivity index (χ0v) is 12.6. The molecule has 0 aliphatic heterocycles. The Bertz CT molecular complexity index is 827. The lowest BCUT2D eigenvalue weighted by Gasteiger charge is -2.10. The van der Waals surface area contributed by atoms with Gasteiger partial charge >= 0.3 is 12.6 Å². The van der Waals surface area contributed by atoms with Crippen LogP contribution in [0.25, 0.3) is 11.4 Å². The van der Waals surface area contributed by atoms with Crippen molar-refractivity contribution < 1.29 is 13.5 Å². The van der Waals surface area contributed by atoms with E-state index < -0.39 is 6.55 Å². The first-order valence-corrected chi connectivity index (χ1v) is 6.81. The topological polar surface area (TPSA) is 78.6 Å². The smallest absolute Gasteiger partial charge is 0.336 e. The predicted octanol–water partition coefficient (Wildman–Crippen LogP) is 3.62. The molecule has 23 heavy (non-hydrogen) atoms. The van der Waals surface area contributed by atoms with E-state index in [1.54, 1.807) is 0 Å². The Kier molecular flexibility index (Phi) is 4.30. The summed E-state index contributed by atoms with van der Waals surface area (Å²) in [6.45, 7) is -2.92. The van der Waals surface area contributed by atoms with E-state index in [1.165, 1.54) is 30.6 Å². The van der Waals surface area contributed by atoms with Crippen LogP contribution in [0.3, 0.4) is 0 Å². The maximum Gasteiger partial charge on any atom is 0.336 e. The molecule has 0 saturated carbocycles. The molecule has 0 unspecified atom stereocenters. The van der Waals surface area contributed by atoms with E-state index in [4.69, 9.17) is 27.9 Å². The van der Waals surface area contributed by atoms with Gasteiger partial charge < -0.3 is 4.74 Å². The first kappa shape index (κ1) is 15.5. The van der Waals surface area contributed by atoms with Crippen LogP contribution in [0.15, 0.2) is 30.6 Å². The molecule has 0 bridgehead atoms. The Hall–Kier alpha value is -2.39. The molecule has 118 valence electrons. The van der Waals surface area contributed by atoms with E-state index in [0.29, 0.717) is 14.7 Å². The van der Waals surface area contributed by atoms with Gasteiger partial charge in [-0.3, -0.25) is 0 Å². The van der Waals surface area contributed by atoms with Crippen molar-refractivity contribution in [3.8, 4) is 23.1 Å². The molecule has 0 aliphatic carbocycles. The lowest BCUT2D eigenvalue weighted by molar-refractivity contribution is 0.0564. The summed E-state index contributed by atoms with van der Waals surface area (Å²) in [5.74, 6) is -0.0418. The van der Waals surface area contributed by atoms with Crippen molar-refractivity contribution in [2.75, 3.05) is 0 Å². The minimum atomic E-state index is -2.92. The van der Waals surface area contributed by atoms with Crippen molar-refractivity contribution in [2.24, 2.45) is 0 Å². The average Bonchev–Trinajstić information content (AvgIpc) is 3.01. The van der Waals surface area contributed by atoms with Gasteiger partial charge in [0.05, 0.1) is 23.0 Å². The molecule has 0 N–H and O–H groups in total. The van der Waals surface area contributed by atoms with Crippen LogP contribution in [-0.4, -0.2) is 30.2 Å². The van der Waals surface area contributed by atoms with Crippen molar-refractivity contribution in [3.63, 3.8) is 0 Å². The molecule has 3 aromatic rings. The van der Waals surface area contributed by atoms with Gasteiger partial charge in [0.25, 0.3) is 0 Å². The third kappa shape index (κ3) is 3.35. The summed E-state index contributed by atoms with van der Waals surface area (Å²) in [5, 5.41) is 10.7. The minimum Gasteiger partial charge on any atom is -0.424 e. The zero-order chi connectivity index (χ0) is 16.4. The monoisotopic (exact) mass is 358 g/mol. The number of ether oxygens (including phenoxy) is 1. The highest BCUT2D eigenvalue weighted by molar-refractivity contribution is 6.31. The lowest BCUT2D eigenvalue weighted by atomic mass is 10.2. The highest BCUT2D eigenvalue weighted by Crippen LogP contribution is 2.34. The van der Waals surface area contributed by atoms with Crippen LogP contribution in [0.4, 0.5) is 8.78 Å². The molecular formula is C12H6Cl2F2N6O. The first-order valence-electron chi connectivity index (χ1n) is 6.06. The normalized spacial score (nSPS) is 11.0. The van der Waals surface area contributed by atoms with Gasteiger partial charge in [0.15, 0.2) is 5.82 Å². The Labute approximate surface area is 137 Å². The molecule has 0 radical (unpaired) electrons. The number of nitrogens with zero attached hydrogens (tertiary/aromatic N) is 6. The van der Waals surface area contributed by atoms with E-state index in [0.717, 1.165) is 0 Å². The van der Waals surface area contributed by atoms with Crippen LogP contribution in [0.5, 0.6) is 11.8 Å². The van der Waals surface area contributed by atoms with Crippen molar-refractivity contribution in [1.82, 2.24) is 30.2 Å². The minimum absolute atomic E-state index is 0.0194. The van der Waals surface area contributed by atoms with Crippen molar-refractivity contribution in [1.29, 1.82) is 0 Å². The third-order valence-electron chi connectivity index (χ3n) is 2.66.